The number of amides is 2. The van der Waals surface area contributed by atoms with Gasteiger partial charge in [-0.25, -0.2) is 4.79 Å². The lowest BCUT2D eigenvalue weighted by molar-refractivity contribution is -0.119. The number of carbonyl (C=O) groups excluding carboxylic acids is 2. The monoisotopic (exact) mass is 450 g/mol. The number of hydrogen-bond donors (Lipinski definition) is 2. The van der Waals surface area contributed by atoms with Gasteiger partial charge in [-0.3, -0.25) is 14.5 Å². The summed E-state index contributed by atoms with van der Waals surface area (Å²) in [5, 5.41) is 6.17. The van der Waals surface area contributed by atoms with Gasteiger partial charge in [0.15, 0.2) is 0 Å². The van der Waals surface area contributed by atoms with Crippen LogP contribution in [0.5, 0.6) is 0 Å². The summed E-state index contributed by atoms with van der Waals surface area (Å²) in [5.74, 6) is -0.157. The second kappa shape index (κ2) is 9.62. The highest BCUT2D eigenvalue weighted by Gasteiger charge is 2.32. The fraction of sp³-hybridized carbons (Fsp3) is 0.400. The maximum Gasteiger partial charge on any atom is 0.414 e. The lowest BCUT2D eigenvalue weighted by Crippen LogP contribution is -2.55. The van der Waals surface area contributed by atoms with Crippen LogP contribution in [0.15, 0.2) is 53.3 Å². The Hall–Kier alpha value is -3.39. The highest BCUT2D eigenvalue weighted by atomic mass is 16.6. The molecule has 2 N–H and O–H groups in total. The minimum atomic E-state index is -0.427. The fourth-order valence-corrected chi connectivity index (χ4v) is 4.46. The second-order valence-electron chi connectivity index (χ2n) is 8.85. The van der Waals surface area contributed by atoms with Crippen LogP contribution in [0.25, 0.3) is 11.1 Å². The number of nitrogens with zero attached hydrogens (tertiary/aromatic N) is 2. The van der Waals surface area contributed by atoms with E-state index in [1.807, 2.05) is 42.5 Å². The lowest BCUT2D eigenvalue weighted by atomic mass is 10.1. The van der Waals surface area contributed by atoms with Crippen LogP contribution in [-0.4, -0.2) is 56.4 Å². The summed E-state index contributed by atoms with van der Waals surface area (Å²) in [6.45, 7) is 7.94. The van der Waals surface area contributed by atoms with Crippen molar-refractivity contribution in [2.24, 2.45) is 0 Å². The van der Waals surface area contributed by atoms with Crippen molar-refractivity contribution in [3.8, 4) is 11.1 Å². The topological polar surface area (TPSA) is 91.0 Å². The standard InChI is InChI=1S/C25H30N4O4/c1-16-13-28(14-17(2)27-16)23-10-6-20(7-11-24(23)31)19-4-8-21(9-5-19)29-15-22(33-25(29)32)12-26-18(3)30/h4-11,16-17,22,27H,12-15H2,1-3H3,(H,26,30). The third-order valence-electron chi connectivity index (χ3n) is 5.95. The zero-order chi connectivity index (χ0) is 23.5. The summed E-state index contributed by atoms with van der Waals surface area (Å²) < 4.78 is 5.33. The summed E-state index contributed by atoms with van der Waals surface area (Å²) in [7, 11) is 0. The Morgan fingerprint density at radius 1 is 0.970 bits per heavy atom. The summed E-state index contributed by atoms with van der Waals surface area (Å²) in [4.78, 5) is 39.8. The normalized spacial score (nSPS) is 22.8. The number of ether oxygens (including phenoxy) is 1. The average Bonchev–Trinajstić information content (AvgIpc) is 3.02. The number of benzene rings is 1. The molecule has 2 aliphatic rings. The molecule has 8 nitrogen and oxygen atoms in total. The molecular weight excluding hydrogens is 420 g/mol. The molecule has 2 saturated heterocycles. The highest BCUT2D eigenvalue weighted by Crippen LogP contribution is 2.26. The summed E-state index contributed by atoms with van der Waals surface area (Å²) in [6.07, 6.45) is -0.803. The molecule has 0 aliphatic carbocycles. The predicted molar refractivity (Wildman–Crippen MR) is 129 cm³/mol. The summed E-state index contributed by atoms with van der Waals surface area (Å²) in [5.41, 5.74) is 3.31. The van der Waals surface area contributed by atoms with E-state index in [0.717, 1.165) is 29.9 Å². The Balaban J connectivity index is 1.50. The van der Waals surface area contributed by atoms with Gasteiger partial charge in [-0.15, -0.1) is 0 Å². The van der Waals surface area contributed by atoms with Crippen molar-refractivity contribution in [2.45, 2.75) is 39.0 Å². The van der Waals surface area contributed by atoms with Crippen molar-refractivity contribution >= 4 is 23.4 Å². The largest absolute Gasteiger partial charge is 0.442 e. The lowest BCUT2D eigenvalue weighted by Gasteiger charge is -2.37. The SMILES string of the molecule is CC(=O)NCC1CN(c2ccc(-c3ccc(N4CC(C)NC(C)C4)c(=O)cc3)cc2)C(=O)O1. The molecule has 3 atom stereocenters. The highest BCUT2D eigenvalue weighted by molar-refractivity contribution is 5.90. The number of hydrogen-bond acceptors (Lipinski definition) is 6. The van der Waals surface area contributed by atoms with E-state index in [4.69, 9.17) is 4.74 Å². The molecule has 2 fully saturated rings. The maximum atomic E-state index is 12.8. The minimum absolute atomic E-state index is 0.00388. The Bertz CT molecular complexity index is 1080. The predicted octanol–water partition coefficient (Wildman–Crippen LogP) is 2.36. The molecule has 0 aromatic heterocycles. The first-order valence-corrected chi connectivity index (χ1v) is 11.3. The molecule has 0 saturated carbocycles. The van der Waals surface area contributed by atoms with Gasteiger partial charge in [0.1, 0.15) is 6.10 Å². The molecule has 2 aromatic rings. The van der Waals surface area contributed by atoms with Crippen molar-refractivity contribution in [3.63, 3.8) is 0 Å². The van der Waals surface area contributed by atoms with Crippen molar-refractivity contribution in [1.29, 1.82) is 0 Å². The van der Waals surface area contributed by atoms with Crippen LogP contribution in [0.4, 0.5) is 16.2 Å². The van der Waals surface area contributed by atoms with Gasteiger partial charge >= 0.3 is 6.09 Å². The quantitative estimate of drug-likeness (QED) is 0.727. The molecule has 33 heavy (non-hydrogen) atoms. The maximum absolute atomic E-state index is 12.8. The van der Waals surface area contributed by atoms with Crippen LogP contribution < -0.4 is 25.9 Å². The first kappa shape index (κ1) is 22.8. The van der Waals surface area contributed by atoms with Gasteiger partial charge in [-0.05, 0) is 49.2 Å². The molecule has 174 valence electrons. The van der Waals surface area contributed by atoms with E-state index in [1.165, 1.54) is 6.92 Å². The summed E-state index contributed by atoms with van der Waals surface area (Å²) >= 11 is 0. The fourth-order valence-electron chi connectivity index (χ4n) is 4.46. The number of rotatable bonds is 5. The molecule has 0 bridgehead atoms. The van der Waals surface area contributed by atoms with Crippen molar-refractivity contribution in [3.05, 3.63) is 58.8 Å². The Morgan fingerprint density at radius 3 is 2.21 bits per heavy atom. The van der Waals surface area contributed by atoms with Gasteiger partial charge in [0, 0.05) is 37.8 Å². The molecular formula is C25H30N4O4. The molecule has 2 heterocycles. The third kappa shape index (κ3) is 5.34. The minimum Gasteiger partial charge on any atom is -0.442 e. The molecule has 2 amide bonds. The third-order valence-corrected chi connectivity index (χ3v) is 5.95. The number of piperazine rings is 1. The van der Waals surface area contributed by atoms with E-state index in [2.05, 4.69) is 29.4 Å². The molecule has 2 aliphatic heterocycles. The van der Waals surface area contributed by atoms with E-state index < -0.39 is 6.09 Å². The van der Waals surface area contributed by atoms with E-state index in [1.54, 1.807) is 11.0 Å². The number of anilines is 2. The zero-order valence-electron chi connectivity index (χ0n) is 19.2. The van der Waals surface area contributed by atoms with E-state index in [9.17, 15) is 14.4 Å². The van der Waals surface area contributed by atoms with E-state index in [0.29, 0.717) is 30.9 Å². The van der Waals surface area contributed by atoms with Crippen LogP contribution in [0.1, 0.15) is 20.8 Å². The zero-order valence-corrected chi connectivity index (χ0v) is 19.2. The van der Waals surface area contributed by atoms with E-state index >= 15 is 0 Å². The first-order valence-electron chi connectivity index (χ1n) is 11.3. The van der Waals surface area contributed by atoms with Crippen molar-refractivity contribution < 1.29 is 14.3 Å². The van der Waals surface area contributed by atoms with Crippen LogP contribution in [-0.2, 0) is 9.53 Å². The second-order valence-corrected chi connectivity index (χ2v) is 8.85. The van der Waals surface area contributed by atoms with Crippen LogP contribution >= 0.6 is 0 Å². The molecule has 0 radical (unpaired) electrons. The van der Waals surface area contributed by atoms with Crippen molar-refractivity contribution in [1.82, 2.24) is 10.6 Å². The van der Waals surface area contributed by atoms with Crippen molar-refractivity contribution in [2.75, 3.05) is 36.0 Å². The molecule has 8 heteroatoms. The van der Waals surface area contributed by atoms with Gasteiger partial charge < -0.3 is 20.3 Å². The van der Waals surface area contributed by atoms with Gasteiger partial charge in [0.25, 0.3) is 0 Å². The van der Waals surface area contributed by atoms with Gasteiger partial charge in [0.2, 0.25) is 11.3 Å². The van der Waals surface area contributed by atoms with Gasteiger partial charge in [-0.2, -0.15) is 0 Å². The summed E-state index contributed by atoms with van der Waals surface area (Å²) in [6, 6.07) is 15.6. The Kier molecular flexibility index (Phi) is 6.65. The van der Waals surface area contributed by atoms with Gasteiger partial charge in [0.05, 0.1) is 18.8 Å². The number of cyclic esters (lactones) is 1. The Morgan fingerprint density at radius 2 is 1.58 bits per heavy atom. The van der Waals surface area contributed by atoms with E-state index in [-0.39, 0.29) is 17.4 Å². The molecule has 2 aromatic carbocycles. The van der Waals surface area contributed by atoms with Crippen LogP contribution in [0, 0.1) is 0 Å². The molecule has 4 rings (SSSR count). The van der Waals surface area contributed by atoms with Gasteiger partial charge in [-0.1, -0.05) is 24.3 Å². The van der Waals surface area contributed by atoms with Crippen LogP contribution in [0.3, 0.4) is 0 Å². The average molecular weight is 451 g/mol. The number of nitrogens with one attached hydrogen (secondary N) is 2. The Labute approximate surface area is 193 Å². The smallest absolute Gasteiger partial charge is 0.414 e. The molecule has 0 spiro atoms. The number of carbonyl (C=O) groups is 2. The van der Waals surface area contributed by atoms with Crippen LogP contribution in [0.2, 0.25) is 0 Å². The first-order chi connectivity index (χ1) is 15.8. The molecule has 3 unspecified atom stereocenters.